The summed E-state index contributed by atoms with van der Waals surface area (Å²) in [6.45, 7) is 3.45. The number of hydrogen-bond acceptors (Lipinski definition) is 6. The quantitative estimate of drug-likeness (QED) is 0.347. The van der Waals surface area contributed by atoms with Crippen molar-refractivity contribution in [2.75, 3.05) is 12.8 Å². The van der Waals surface area contributed by atoms with Crippen molar-refractivity contribution in [1.82, 2.24) is 4.90 Å². The zero-order valence-corrected chi connectivity index (χ0v) is 13.2. The molecule has 0 bridgehead atoms. The van der Waals surface area contributed by atoms with Crippen molar-refractivity contribution in [2.24, 2.45) is 11.5 Å². The highest BCUT2D eigenvalue weighted by Crippen LogP contribution is 2.36. The summed E-state index contributed by atoms with van der Waals surface area (Å²) in [6, 6.07) is -1.11. The third-order valence-electron chi connectivity index (χ3n) is 2.72. The molecule has 0 rings (SSSR count). The summed E-state index contributed by atoms with van der Waals surface area (Å²) in [4.78, 5) is 44.7. The molecular formula is C11H22N3O6P. The lowest BCUT2D eigenvalue weighted by atomic mass is 10.1. The van der Waals surface area contributed by atoms with Crippen LogP contribution in [0.3, 0.4) is 0 Å². The molecule has 2 amide bonds. The second-order valence-electron chi connectivity index (χ2n) is 5.19. The number of carboxylic acids is 1. The fourth-order valence-electron chi connectivity index (χ4n) is 1.55. The second kappa shape index (κ2) is 7.13. The third kappa shape index (κ3) is 5.92. The van der Waals surface area contributed by atoms with Crippen molar-refractivity contribution in [1.29, 1.82) is 0 Å². The number of carbonyl (C=O) groups excluding carboxylic acids is 2. The maximum absolute atomic E-state index is 12.1. The number of rotatable bonds is 7. The van der Waals surface area contributed by atoms with Gasteiger partial charge in [0.1, 0.15) is 0 Å². The van der Waals surface area contributed by atoms with Gasteiger partial charge in [-0.15, -0.1) is 0 Å². The van der Waals surface area contributed by atoms with Gasteiger partial charge < -0.3 is 15.7 Å². The molecule has 0 fully saturated rings. The summed E-state index contributed by atoms with van der Waals surface area (Å²) in [5.41, 5.74) is 8.68. The number of imide groups is 1. The Morgan fingerprint density at radius 1 is 1.38 bits per heavy atom. The average molecular weight is 323 g/mol. The molecule has 0 aromatic heterocycles. The first kappa shape index (κ1) is 19.7. The van der Waals surface area contributed by atoms with Crippen molar-refractivity contribution in [3.8, 4) is 0 Å². The van der Waals surface area contributed by atoms with Crippen LogP contribution in [0.25, 0.3) is 0 Å². The zero-order valence-electron chi connectivity index (χ0n) is 12.3. The smallest absolute Gasteiger partial charge is 0.344 e. The molecule has 9 nitrogen and oxygen atoms in total. The molecule has 0 heterocycles. The van der Waals surface area contributed by atoms with Crippen LogP contribution in [-0.2, 0) is 18.9 Å². The van der Waals surface area contributed by atoms with Gasteiger partial charge >= 0.3 is 5.97 Å². The van der Waals surface area contributed by atoms with E-state index in [-0.39, 0.29) is 19.0 Å². The van der Waals surface area contributed by atoms with Crippen LogP contribution in [0.1, 0.15) is 26.7 Å². The Balaban J connectivity index is 5.15. The van der Waals surface area contributed by atoms with Crippen LogP contribution in [0.15, 0.2) is 0 Å². The molecule has 0 spiro atoms. The molecule has 6 N–H and O–H groups in total. The molecule has 0 aliphatic rings. The summed E-state index contributed by atoms with van der Waals surface area (Å²) in [5, 5.41) is 9.05. The lowest BCUT2D eigenvalue weighted by Gasteiger charge is -2.34. The van der Waals surface area contributed by atoms with Gasteiger partial charge in [-0.25, -0.2) is 4.79 Å². The topological polar surface area (TPSA) is 164 Å². The fourth-order valence-corrected chi connectivity index (χ4v) is 2.29. The first-order valence-electron chi connectivity index (χ1n) is 6.24. The van der Waals surface area contributed by atoms with E-state index in [1.807, 2.05) is 0 Å². The second-order valence-corrected chi connectivity index (χ2v) is 7.74. The van der Waals surface area contributed by atoms with Gasteiger partial charge in [-0.2, -0.15) is 0 Å². The molecule has 3 unspecified atom stereocenters. The molecule has 0 aromatic carbocycles. The largest absolute Gasteiger partial charge is 0.478 e. The third-order valence-corrected chi connectivity index (χ3v) is 3.87. The number of hydrogen-bond donors (Lipinski definition) is 4. The van der Waals surface area contributed by atoms with E-state index < -0.39 is 36.9 Å². The van der Waals surface area contributed by atoms with E-state index in [1.165, 1.54) is 6.92 Å². The molecule has 0 saturated heterocycles. The number of nitrogens with two attached hydrogens (primary N) is 2. The van der Waals surface area contributed by atoms with E-state index in [2.05, 4.69) is 0 Å². The van der Waals surface area contributed by atoms with Gasteiger partial charge in [-0.3, -0.25) is 24.8 Å². The Bertz CT molecular complexity index is 471. The Morgan fingerprint density at radius 2 is 1.86 bits per heavy atom. The van der Waals surface area contributed by atoms with Gasteiger partial charge in [-0.1, -0.05) is 0 Å². The summed E-state index contributed by atoms with van der Waals surface area (Å²) in [5.74, 6) is -3.33. The fraction of sp³-hybridized carbons (Fsp3) is 0.727. The van der Waals surface area contributed by atoms with E-state index in [9.17, 15) is 18.9 Å². The summed E-state index contributed by atoms with van der Waals surface area (Å²) in [7, 11) is -3.28. The Labute approximate surface area is 122 Å². The standard InChI is InChI=1S/C11H22N3O6P/c1-7(12)9(16)14(11(2,13)10(17)18)8(15)5-4-6-21(3,19)20/h7H,4-6,12-13H2,1-3H3,(H,17,18)(H,19,20). The average Bonchev–Trinajstić information content (AvgIpc) is 2.26. The summed E-state index contributed by atoms with van der Waals surface area (Å²) >= 11 is 0. The maximum atomic E-state index is 12.1. The first-order chi connectivity index (χ1) is 9.30. The number of aliphatic carboxylic acids is 1. The Hall–Kier alpha value is -1.28. The number of carboxylic acid groups (broad SMARTS) is 1. The van der Waals surface area contributed by atoms with E-state index in [0.29, 0.717) is 4.90 Å². The molecule has 3 atom stereocenters. The Morgan fingerprint density at radius 3 is 2.19 bits per heavy atom. The van der Waals surface area contributed by atoms with Gasteiger partial charge in [0.25, 0.3) is 0 Å². The van der Waals surface area contributed by atoms with Crippen molar-refractivity contribution < 1.29 is 28.9 Å². The predicted molar refractivity (Wildman–Crippen MR) is 75.6 cm³/mol. The molecule has 0 aliphatic heterocycles. The molecule has 10 heteroatoms. The number of carbonyl (C=O) groups is 3. The maximum Gasteiger partial charge on any atom is 0.344 e. The summed E-state index contributed by atoms with van der Waals surface area (Å²) in [6.07, 6.45) is -0.369. The van der Waals surface area contributed by atoms with Crippen LogP contribution in [0.2, 0.25) is 0 Å². The Kier molecular flexibility index (Phi) is 6.69. The SMILES string of the molecule is CC(N)C(=O)N(C(=O)CCCP(C)(=O)O)C(C)(N)C(=O)O. The molecule has 0 aromatic rings. The molecular weight excluding hydrogens is 301 g/mol. The first-order valence-corrected chi connectivity index (χ1v) is 8.54. The predicted octanol–water partition coefficient (Wildman–Crippen LogP) is -0.871. The summed E-state index contributed by atoms with van der Waals surface area (Å²) < 4.78 is 11.1. The van der Waals surface area contributed by atoms with Gasteiger partial charge in [-0.05, 0) is 20.3 Å². The van der Waals surface area contributed by atoms with Gasteiger partial charge in [0.05, 0.1) is 6.04 Å². The minimum absolute atomic E-state index is 0.0293. The van der Waals surface area contributed by atoms with Crippen molar-refractivity contribution in [2.45, 2.75) is 38.4 Å². The zero-order chi connectivity index (χ0) is 17.0. The van der Waals surface area contributed by atoms with Crippen LogP contribution in [0.4, 0.5) is 0 Å². The van der Waals surface area contributed by atoms with E-state index in [4.69, 9.17) is 21.5 Å². The number of amides is 2. The van der Waals surface area contributed by atoms with Crippen LogP contribution in [0, 0.1) is 0 Å². The van der Waals surface area contributed by atoms with Crippen LogP contribution >= 0.6 is 7.37 Å². The van der Waals surface area contributed by atoms with Gasteiger partial charge in [0.15, 0.2) is 13.0 Å². The molecule has 0 saturated carbocycles. The van der Waals surface area contributed by atoms with Crippen molar-refractivity contribution in [3.05, 3.63) is 0 Å². The molecule has 0 radical (unpaired) electrons. The van der Waals surface area contributed by atoms with Gasteiger partial charge in [0.2, 0.25) is 11.8 Å². The van der Waals surface area contributed by atoms with Crippen LogP contribution < -0.4 is 11.5 Å². The van der Waals surface area contributed by atoms with Crippen LogP contribution in [-0.4, -0.2) is 57.2 Å². The highest BCUT2D eigenvalue weighted by atomic mass is 31.2. The van der Waals surface area contributed by atoms with E-state index in [0.717, 1.165) is 13.6 Å². The van der Waals surface area contributed by atoms with Crippen LogP contribution in [0.5, 0.6) is 0 Å². The van der Waals surface area contributed by atoms with E-state index >= 15 is 0 Å². The number of nitrogens with zero attached hydrogens (tertiary/aromatic N) is 1. The minimum atomic E-state index is -3.28. The molecule has 21 heavy (non-hydrogen) atoms. The normalized spacial score (nSPS) is 18.2. The molecule has 0 aliphatic carbocycles. The van der Waals surface area contributed by atoms with E-state index in [1.54, 1.807) is 0 Å². The van der Waals surface area contributed by atoms with Crippen molar-refractivity contribution in [3.63, 3.8) is 0 Å². The van der Waals surface area contributed by atoms with Gasteiger partial charge in [0, 0.05) is 19.2 Å². The lowest BCUT2D eigenvalue weighted by Crippen LogP contribution is -2.65. The van der Waals surface area contributed by atoms with Crippen molar-refractivity contribution >= 4 is 25.2 Å². The monoisotopic (exact) mass is 323 g/mol. The lowest BCUT2D eigenvalue weighted by molar-refractivity contribution is -0.165. The molecule has 122 valence electrons. The highest BCUT2D eigenvalue weighted by Gasteiger charge is 2.43. The highest BCUT2D eigenvalue weighted by molar-refractivity contribution is 7.57. The minimum Gasteiger partial charge on any atom is -0.478 e.